The second kappa shape index (κ2) is 7.56. The molecule has 1 N–H and O–H groups in total. The molecule has 0 aliphatic rings. The van der Waals surface area contributed by atoms with E-state index < -0.39 is 0 Å². The molecule has 0 bridgehead atoms. The Balaban J connectivity index is 2.28. The first-order valence-corrected chi connectivity index (χ1v) is 8.85. The number of likely N-dealkylation sites (N-methyl/N-ethyl adjacent to an activating group) is 1. The van der Waals surface area contributed by atoms with Gasteiger partial charge in [-0.3, -0.25) is 4.68 Å². The standard InChI is InChI=1S/C16H21Br2N3/c1-4-12-9-13(21(5-2)20-12)10-16(19-3)14-7-6-11(17)8-15(14)18/h6-9,16,19H,4-5,10H2,1-3H3. The summed E-state index contributed by atoms with van der Waals surface area (Å²) in [6, 6.07) is 8.82. The number of hydrogen-bond acceptors (Lipinski definition) is 2. The third-order valence-corrected chi connectivity index (χ3v) is 4.86. The fraction of sp³-hybridized carbons (Fsp3) is 0.438. The highest BCUT2D eigenvalue weighted by atomic mass is 79.9. The Morgan fingerprint density at radius 3 is 2.57 bits per heavy atom. The van der Waals surface area contributed by atoms with Gasteiger partial charge < -0.3 is 5.32 Å². The molecule has 2 aromatic rings. The SMILES string of the molecule is CCc1cc(CC(NC)c2ccc(Br)cc2Br)n(CC)n1. The summed E-state index contributed by atoms with van der Waals surface area (Å²) in [5, 5.41) is 8.05. The Kier molecular flexibility index (Phi) is 6.02. The molecule has 21 heavy (non-hydrogen) atoms. The minimum Gasteiger partial charge on any atom is -0.313 e. The largest absolute Gasteiger partial charge is 0.313 e. The predicted octanol–water partition coefficient (Wildman–Crippen LogP) is 4.49. The molecule has 1 heterocycles. The molecule has 1 atom stereocenters. The molecule has 0 aliphatic carbocycles. The maximum atomic E-state index is 4.63. The zero-order valence-electron chi connectivity index (χ0n) is 12.7. The zero-order chi connectivity index (χ0) is 15.4. The molecule has 114 valence electrons. The van der Waals surface area contributed by atoms with Crippen molar-refractivity contribution in [1.82, 2.24) is 15.1 Å². The number of aryl methyl sites for hydroxylation is 2. The highest BCUT2D eigenvalue weighted by Gasteiger charge is 2.16. The van der Waals surface area contributed by atoms with E-state index in [9.17, 15) is 0 Å². The van der Waals surface area contributed by atoms with Gasteiger partial charge in [-0.25, -0.2) is 0 Å². The van der Waals surface area contributed by atoms with Crippen LogP contribution in [0.4, 0.5) is 0 Å². The molecule has 1 unspecified atom stereocenters. The normalized spacial score (nSPS) is 12.6. The zero-order valence-corrected chi connectivity index (χ0v) is 15.8. The van der Waals surface area contributed by atoms with Crippen molar-refractivity contribution in [3.63, 3.8) is 0 Å². The van der Waals surface area contributed by atoms with Crippen molar-refractivity contribution in [2.45, 2.75) is 39.3 Å². The van der Waals surface area contributed by atoms with Crippen LogP contribution in [0.15, 0.2) is 33.2 Å². The van der Waals surface area contributed by atoms with Crippen LogP contribution < -0.4 is 5.32 Å². The average Bonchev–Trinajstić information content (AvgIpc) is 2.87. The second-order valence-electron chi connectivity index (χ2n) is 5.01. The number of hydrogen-bond donors (Lipinski definition) is 1. The molecule has 3 nitrogen and oxygen atoms in total. The molecule has 0 radical (unpaired) electrons. The van der Waals surface area contributed by atoms with Crippen molar-refractivity contribution in [1.29, 1.82) is 0 Å². The first-order valence-electron chi connectivity index (χ1n) is 7.26. The van der Waals surface area contributed by atoms with Crippen molar-refractivity contribution < 1.29 is 0 Å². The lowest BCUT2D eigenvalue weighted by molar-refractivity contribution is 0.539. The van der Waals surface area contributed by atoms with E-state index in [1.54, 1.807) is 0 Å². The molecule has 0 amide bonds. The molecule has 0 aliphatic heterocycles. The van der Waals surface area contributed by atoms with Crippen LogP contribution in [0.1, 0.15) is 36.8 Å². The van der Waals surface area contributed by atoms with E-state index in [-0.39, 0.29) is 6.04 Å². The van der Waals surface area contributed by atoms with Crippen LogP contribution in [0.2, 0.25) is 0 Å². The van der Waals surface area contributed by atoms with Crippen LogP contribution in [0.5, 0.6) is 0 Å². The molecule has 0 saturated heterocycles. The quantitative estimate of drug-likeness (QED) is 0.754. The van der Waals surface area contributed by atoms with Gasteiger partial charge in [-0.1, -0.05) is 44.8 Å². The third-order valence-electron chi connectivity index (χ3n) is 3.68. The Morgan fingerprint density at radius 1 is 1.24 bits per heavy atom. The minimum atomic E-state index is 0.263. The van der Waals surface area contributed by atoms with E-state index in [1.165, 1.54) is 11.3 Å². The van der Waals surface area contributed by atoms with Gasteiger partial charge in [0.15, 0.2) is 0 Å². The lowest BCUT2D eigenvalue weighted by Gasteiger charge is -2.19. The van der Waals surface area contributed by atoms with Crippen molar-refractivity contribution in [3.05, 3.63) is 50.2 Å². The topological polar surface area (TPSA) is 29.9 Å². The van der Waals surface area contributed by atoms with Gasteiger partial charge >= 0.3 is 0 Å². The van der Waals surface area contributed by atoms with Gasteiger partial charge in [-0.05, 0) is 44.2 Å². The number of rotatable bonds is 6. The Hall–Kier alpha value is -0.650. The van der Waals surface area contributed by atoms with Crippen LogP contribution in [-0.2, 0) is 19.4 Å². The van der Waals surface area contributed by atoms with E-state index in [0.29, 0.717) is 0 Å². The molecule has 1 aromatic heterocycles. The highest BCUT2D eigenvalue weighted by molar-refractivity contribution is 9.11. The Bertz CT molecular complexity index is 608. The summed E-state index contributed by atoms with van der Waals surface area (Å²) in [5.74, 6) is 0. The lowest BCUT2D eigenvalue weighted by Crippen LogP contribution is -2.21. The number of nitrogens with one attached hydrogen (secondary N) is 1. The van der Waals surface area contributed by atoms with Gasteiger partial charge in [0, 0.05) is 33.6 Å². The maximum absolute atomic E-state index is 4.63. The Labute approximate surface area is 143 Å². The maximum Gasteiger partial charge on any atom is 0.0624 e. The minimum absolute atomic E-state index is 0.263. The summed E-state index contributed by atoms with van der Waals surface area (Å²) in [5.41, 5.74) is 3.71. The van der Waals surface area contributed by atoms with Gasteiger partial charge in [0.05, 0.1) is 5.69 Å². The van der Waals surface area contributed by atoms with Gasteiger partial charge in [0.25, 0.3) is 0 Å². The van der Waals surface area contributed by atoms with Crippen molar-refractivity contribution in [3.8, 4) is 0 Å². The monoisotopic (exact) mass is 413 g/mol. The highest BCUT2D eigenvalue weighted by Crippen LogP contribution is 2.29. The van der Waals surface area contributed by atoms with Crippen molar-refractivity contribution in [2.24, 2.45) is 0 Å². The molecule has 2 rings (SSSR count). The fourth-order valence-corrected chi connectivity index (χ4v) is 3.81. The average molecular weight is 415 g/mol. The lowest BCUT2D eigenvalue weighted by atomic mass is 10.0. The molecule has 0 fully saturated rings. The third kappa shape index (κ3) is 3.96. The van der Waals surface area contributed by atoms with Gasteiger partial charge in [0.1, 0.15) is 0 Å². The van der Waals surface area contributed by atoms with Crippen LogP contribution >= 0.6 is 31.9 Å². The molecule has 5 heteroatoms. The summed E-state index contributed by atoms with van der Waals surface area (Å²) in [6.07, 6.45) is 1.91. The first-order chi connectivity index (χ1) is 10.1. The summed E-state index contributed by atoms with van der Waals surface area (Å²) in [7, 11) is 2.01. The van der Waals surface area contributed by atoms with Crippen LogP contribution in [0, 0.1) is 0 Å². The number of nitrogens with zero attached hydrogens (tertiary/aromatic N) is 2. The molecule has 0 saturated carbocycles. The van der Waals surface area contributed by atoms with Gasteiger partial charge in [-0.2, -0.15) is 5.10 Å². The number of aromatic nitrogens is 2. The summed E-state index contributed by atoms with van der Waals surface area (Å²) >= 11 is 7.17. The van der Waals surface area contributed by atoms with E-state index in [2.05, 4.69) is 85.1 Å². The van der Waals surface area contributed by atoms with E-state index in [4.69, 9.17) is 0 Å². The van der Waals surface area contributed by atoms with Crippen molar-refractivity contribution in [2.75, 3.05) is 7.05 Å². The van der Waals surface area contributed by atoms with Crippen molar-refractivity contribution >= 4 is 31.9 Å². The van der Waals surface area contributed by atoms with Crippen LogP contribution in [0.25, 0.3) is 0 Å². The molecule has 1 aromatic carbocycles. The molecular weight excluding hydrogens is 394 g/mol. The Morgan fingerprint density at radius 2 is 2.00 bits per heavy atom. The first kappa shape index (κ1) is 16.7. The predicted molar refractivity (Wildman–Crippen MR) is 94.6 cm³/mol. The summed E-state index contributed by atoms with van der Waals surface area (Å²) < 4.78 is 4.31. The van der Waals surface area contributed by atoms with E-state index in [0.717, 1.165) is 34.0 Å². The second-order valence-corrected chi connectivity index (χ2v) is 6.78. The summed E-state index contributed by atoms with van der Waals surface area (Å²) in [6.45, 7) is 5.19. The number of benzene rings is 1. The number of halogens is 2. The van der Waals surface area contributed by atoms with E-state index >= 15 is 0 Å². The van der Waals surface area contributed by atoms with Crippen LogP contribution in [0.3, 0.4) is 0 Å². The summed E-state index contributed by atoms with van der Waals surface area (Å²) in [4.78, 5) is 0. The van der Waals surface area contributed by atoms with E-state index in [1.807, 2.05) is 7.05 Å². The fourth-order valence-electron chi connectivity index (χ4n) is 2.49. The smallest absolute Gasteiger partial charge is 0.0624 e. The molecule has 0 spiro atoms. The molecular formula is C16H21Br2N3. The van der Waals surface area contributed by atoms with Gasteiger partial charge in [-0.15, -0.1) is 0 Å². The van der Waals surface area contributed by atoms with Crippen LogP contribution in [-0.4, -0.2) is 16.8 Å². The van der Waals surface area contributed by atoms with Gasteiger partial charge in [0.2, 0.25) is 0 Å².